The normalized spacial score (nSPS) is 15.2. The van der Waals surface area contributed by atoms with Crippen molar-refractivity contribution < 1.29 is 13.2 Å². The highest BCUT2D eigenvalue weighted by Crippen LogP contribution is 2.26. The fraction of sp³-hybridized carbons (Fsp3) is 0.462. The molecule has 1 aromatic rings. The molecule has 0 aromatic heterocycles. The van der Waals surface area contributed by atoms with Crippen LogP contribution in [0, 0.1) is 6.92 Å². The van der Waals surface area contributed by atoms with E-state index < -0.39 is 10.0 Å². The van der Waals surface area contributed by atoms with E-state index in [-0.39, 0.29) is 23.0 Å². The molecule has 0 bridgehead atoms. The first-order valence-corrected chi connectivity index (χ1v) is 8.28. The average molecular weight is 312 g/mol. The number of anilines is 2. The molecule has 0 aliphatic carbocycles. The minimum absolute atomic E-state index is 0.00789. The molecule has 0 spiro atoms. The Morgan fingerprint density at radius 2 is 1.95 bits per heavy atom. The summed E-state index contributed by atoms with van der Waals surface area (Å²) in [4.78, 5) is 13.7. The standard InChI is InChI=1S/C13H20N4O3S/c1-9-11(6-10(14)7-12(9)21(15,19)20)16-8-13(18)17-4-2-3-5-17/h6-7,16H,2-5,8,14H2,1H3,(H2,15,19,20). The van der Waals surface area contributed by atoms with Gasteiger partial charge in [0.15, 0.2) is 0 Å². The highest BCUT2D eigenvalue weighted by atomic mass is 32.2. The number of carbonyl (C=O) groups is 1. The van der Waals surface area contributed by atoms with Crippen molar-refractivity contribution in [2.45, 2.75) is 24.7 Å². The van der Waals surface area contributed by atoms with Crippen LogP contribution >= 0.6 is 0 Å². The summed E-state index contributed by atoms with van der Waals surface area (Å²) in [6.07, 6.45) is 2.05. The highest BCUT2D eigenvalue weighted by Gasteiger charge is 2.19. The molecule has 8 heteroatoms. The second-order valence-corrected chi connectivity index (χ2v) is 6.71. The SMILES string of the molecule is Cc1c(NCC(=O)N2CCCC2)cc(N)cc1S(N)(=O)=O. The smallest absolute Gasteiger partial charge is 0.241 e. The minimum atomic E-state index is -3.85. The fourth-order valence-corrected chi connectivity index (χ4v) is 3.27. The lowest BCUT2D eigenvalue weighted by Crippen LogP contribution is -2.33. The molecule has 116 valence electrons. The van der Waals surface area contributed by atoms with Gasteiger partial charge in [-0.1, -0.05) is 0 Å². The summed E-state index contributed by atoms with van der Waals surface area (Å²) in [7, 11) is -3.85. The molecule has 1 heterocycles. The summed E-state index contributed by atoms with van der Waals surface area (Å²) >= 11 is 0. The second kappa shape index (κ2) is 5.90. The molecule has 1 aliphatic heterocycles. The van der Waals surface area contributed by atoms with Gasteiger partial charge in [-0.2, -0.15) is 0 Å². The van der Waals surface area contributed by atoms with Crippen molar-refractivity contribution in [3.63, 3.8) is 0 Å². The highest BCUT2D eigenvalue weighted by molar-refractivity contribution is 7.89. The summed E-state index contributed by atoms with van der Waals surface area (Å²) < 4.78 is 23.0. The molecule has 0 radical (unpaired) electrons. The number of carbonyl (C=O) groups excluding carboxylic acids is 1. The second-order valence-electron chi connectivity index (χ2n) is 5.18. The largest absolute Gasteiger partial charge is 0.399 e. The number of sulfonamides is 1. The first-order chi connectivity index (χ1) is 9.79. The van der Waals surface area contributed by atoms with Gasteiger partial charge in [-0.25, -0.2) is 13.6 Å². The molecular formula is C13H20N4O3S. The number of primary sulfonamides is 1. The topological polar surface area (TPSA) is 119 Å². The van der Waals surface area contributed by atoms with Gasteiger partial charge in [0.2, 0.25) is 15.9 Å². The van der Waals surface area contributed by atoms with Gasteiger partial charge in [-0.15, -0.1) is 0 Å². The summed E-state index contributed by atoms with van der Waals surface area (Å²) in [5.74, 6) is -0.00789. The van der Waals surface area contributed by atoms with Gasteiger partial charge in [0, 0.05) is 24.5 Å². The lowest BCUT2D eigenvalue weighted by molar-refractivity contribution is -0.128. The van der Waals surface area contributed by atoms with Crippen LogP contribution in [0.25, 0.3) is 0 Å². The molecule has 1 saturated heterocycles. The summed E-state index contributed by atoms with van der Waals surface area (Å²) in [6.45, 7) is 3.29. The summed E-state index contributed by atoms with van der Waals surface area (Å²) in [6, 6.07) is 2.92. The van der Waals surface area contributed by atoms with E-state index in [0.29, 0.717) is 11.3 Å². The molecule has 7 nitrogen and oxygen atoms in total. The third-order valence-electron chi connectivity index (χ3n) is 3.58. The van der Waals surface area contributed by atoms with Gasteiger partial charge in [0.25, 0.3) is 0 Å². The van der Waals surface area contributed by atoms with E-state index in [4.69, 9.17) is 10.9 Å². The van der Waals surface area contributed by atoms with Crippen molar-refractivity contribution in [1.29, 1.82) is 0 Å². The zero-order valence-electron chi connectivity index (χ0n) is 11.9. The van der Waals surface area contributed by atoms with Crippen molar-refractivity contribution in [2.75, 3.05) is 30.7 Å². The molecule has 1 amide bonds. The number of nitrogens with zero attached hydrogens (tertiary/aromatic N) is 1. The number of hydrogen-bond donors (Lipinski definition) is 3. The Morgan fingerprint density at radius 3 is 2.52 bits per heavy atom. The first kappa shape index (κ1) is 15.6. The fourth-order valence-electron chi connectivity index (χ4n) is 2.44. The molecule has 21 heavy (non-hydrogen) atoms. The van der Waals surface area contributed by atoms with Crippen LogP contribution in [0.4, 0.5) is 11.4 Å². The number of nitrogens with two attached hydrogens (primary N) is 2. The predicted octanol–water partition coefficient (Wildman–Crippen LogP) is 0.259. The number of amides is 1. The van der Waals surface area contributed by atoms with Crippen LogP contribution in [0.2, 0.25) is 0 Å². The van der Waals surface area contributed by atoms with Gasteiger partial charge in [0.1, 0.15) is 0 Å². The van der Waals surface area contributed by atoms with Gasteiger partial charge in [-0.3, -0.25) is 4.79 Å². The Hall–Kier alpha value is -1.80. The predicted molar refractivity (Wildman–Crippen MR) is 81.3 cm³/mol. The van der Waals surface area contributed by atoms with Crippen LogP contribution < -0.4 is 16.2 Å². The number of likely N-dealkylation sites (tertiary alicyclic amines) is 1. The maximum atomic E-state index is 12.0. The van der Waals surface area contributed by atoms with Crippen molar-refractivity contribution in [2.24, 2.45) is 5.14 Å². The molecule has 1 aromatic carbocycles. The van der Waals surface area contributed by atoms with E-state index in [1.54, 1.807) is 17.9 Å². The van der Waals surface area contributed by atoms with E-state index in [1.165, 1.54) is 6.07 Å². The van der Waals surface area contributed by atoms with Crippen LogP contribution in [-0.2, 0) is 14.8 Å². The first-order valence-electron chi connectivity index (χ1n) is 6.73. The van der Waals surface area contributed by atoms with E-state index in [0.717, 1.165) is 25.9 Å². The third kappa shape index (κ3) is 3.64. The van der Waals surface area contributed by atoms with Gasteiger partial charge in [0.05, 0.1) is 11.4 Å². The van der Waals surface area contributed by atoms with Crippen molar-refractivity contribution in [1.82, 2.24) is 4.90 Å². The Labute approximate surface area is 124 Å². The Bertz CT molecular complexity index is 652. The molecule has 2 rings (SSSR count). The molecule has 5 N–H and O–H groups in total. The number of rotatable bonds is 4. The Balaban J connectivity index is 2.16. The molecule has 0 atom stereocenters. The third-order valence-corrected chi connectivity index (χ3v) is 4.61. The Kier molecular flexibility index (Phi) is 4.38. The lowest BCUT2D eigenvalue weighted by Gasteiger charge is -2.18. The van der Waals surface area contributed by atoms with Gasteiger partial charge in [-0.05, 0) is 37.5 Å². The van der Waals surface area contributed by atoms with Crippen molar-refractivity contribution >= 4 is 27.3 Å². The molecule has 1 aliphatic rings. The molecule has 1 fully saturated rings. The van der Waals surface area contributed by atoms with Gasteiger partial charge < -0.3 is 16.0 Å². The number of nitrogen functional groups attached to an aromatic ring is 1. The van der Waals surface area contributed by atoms with Crippen LogP contribution in [-0.4, -0.2) is 38.9 Å². The molecule has 0 saturated carbocycles. The number of benzene rings is 1. The maximum absolute atomic E-state index is 12.0. The van der Waals surface area contributed by atoms with Crippen LogP contribution in [0.5, 0.6) is 0 Å². The Morgan fingerprint density at radius 1 is 1.33 bits per heavy atom. The molecular weight excluding hydrogens is 292 g/mol. The van der Waals surface area contributed by atoms with Crippen LogP contribution in [0.1, 0.15) is 18.4 Å². The molecule has 0 unspecified atom stereocenters. The van der Waals surface area contributed by atoms with Crippen molar-refractivity contribution in [3.05, 3.63) is 17.7 Å². The van der Waals surface area contributed by atoms with Crippen LogP contribution in [0.15, 0.2) is 17.0 Å². The summed E-state index contributed by atoms with van der Waals surface area (Å²) in [5.41, 5.74) is 6.94. The monoisotopic (exact) mass is 312 g/mol. The number of nitrogens with one attached hydrogen (secondary N) is 1. The van der Waals surface area contributed by atoms with Gasteiger partial charge >= 0.3 is 0 Å². The van der Waals surface area contributed by atoms with E-state index in [1.807, 2.05) is 0 Å². The lowest BCUT2D eigenvalue weighted by atomic mass is 10.2. The van der Waals surface area contributed by atoms with E-state index in [9.17, 15) is 13.2 Å². The number of hydrogen-bond acceptors (Lipinski definition) is 5. The van der Waals surface area contributed by atoms with Crippen LogP contribution in [0.3, 0.4) is 0 Å². The maximum Gasteiger partial charge on any atom is 0.241 e. The minimum Gasteiger partial charge on any atom is -0.399 e. The average Bonchev–Trinajstić information content (AvgIpc) is 2.91. The van der Waals surface area contributed by atoms with E-state index in [2.05, 4.69) is 5.32 Å². The quantitative estimate of drug-likeness (QED) is 0.689. The van der Waals surface area contributed by atoms with E-state index >= 15 is 0 Å². The summed E-state index contributed by atoms with van der Waals surface area (Å²) in [5, 5.41) is 8.12. The van der Waals surface area contributed by atoms with Crippen molar-refractivity contribution in [3.8, 4) is 0 Å². The zero-order chi connectivity index (χ0) is 15.6. The zero-order valence-corrected chi connectivity index (χ0v) is 12.7.